The van der Waals surface area contributed by atoms with Gasteiger partial charge in [-0.25, -0.2) is 4.39 Å². The van der Waals surface area contributed by atoms with E-state index < -0.39 is 5.60 Å². The van der Waals surface area contributed by atoms with Crippen LogP contribution in [-0.2, 0) is 0 Å². The number of rotatable bonds is 2. The van der Waals surface area contributed by atoms with Gasteiger partial charge in [-0.2, -0.15) is 0 Å². The van der Waals surface area contributed by atoms with Gasteiger partial charge in [-0.05, 0) is 43.3 Å². The molecule has 1 unspecified atom stereocenters. The molecule has 0 aliphatic carbocycles. The van der Waals surface area contributed by atoms with Gasteiger partial charge in [0.25, 0.3) is 0 Å². The topological polar surface area (TPSA) is 62.3 Å². The molecule has 0 spiro atoms. The van der Waals surface area contributed by atoms with Gasteiger partial charge >= 0.3 is 0 Å². The third-order valence-electron chi connectivity index (χ3n) is 3.62. The molecular formula is C16H15FIN3O. The minimum absolute atomic E-state index is 0.308. The van der Waals surface area contributed by atoms with Crippen molar-refractivity contribution >= 4 is 45.5 Å². The van der Waals surface area contributed by atoms with Gasteiger partial charge in [-0.15, -0.1) is 0 Å². The van der Waals surface area contributed by atoms with E-state index in [1.807, 2.05) is 13.0 Å². The maximum Gasteiger partial charge on any atom is 0.172 e. The second-order valence-electron chi connectivity index (χ2n) is 5.35. The van der Waals surface area contributed by atoms with E-state index in [-0.39, 0.29) is 5.82 Å². The first-order valence-corrected chi connectivity index (χ1v) is 8.26. The van der Waals surface area contributed by atoms with Crippen molar-refractivity contribution < 1.29 is 9.13 Å². The number of nitrogens with zero attached hydrogens (tertiary/aromatic N) is 1. The Morgan fingerprint density at radius 3 is 2.59 bits per heavy atom. The number of fused-ring (bicyclic) bond motifs is 1. The maximum atomic E-state index is 13.2. The minimum Gasteiger partial charge on any atom is -0.477 e. The summed E-state index contributed by atoms with van der Waals surface area (Å²) in [6.07, 6.45) is 0. The number of nitrogen functional groups attached to an aromatic ring is 1. The fourth-order valence-electron chi connectivity index (χ4n) is 2.39. The van der Waals surface area contributed by atoms with Crippen molar-refractivity contribution in [2.45, 2.75) is 12.5 Å². The first-order chi connectivity index (χ1) is 10.4. The summed E-state index contributed by atoms with van der Waals surface area (Å²) in [4.78, 5) is 1.77. The molecule has 0 bridgehead atoms. The lowest BCUT2D eigenvalue weighted by Crippen LogP contribution is -2.53. The second-order valence-corrected chi connectivity index (χ2v) is 6.12. The Bertz CT molecular complexity index is 735. The van der Waals surface area contributed by atoms with Gasteiger partial charge in [0.15, 0.2) is 11.4 Å². The number of benzene rings is 2. The van der Waals surface area contributed by atoms with Gasteiger partial charge in [-0.3, -0.25) is 10.3 Å². The van der Waals surface area contributed by atoms with E-state index in [0.29, 0.717) is 21.7 Å². The predicted molar refractivity (Wildman–Crippen MR) is 95.0 cm³/mol. The Labute approximate surface area is 141 Å². The summed E-state index contributed by atoms with van der Waals surface area (Å²) >= 11 is 2.20. The highest BCUT2D eigenvalue weighted by Crippen LogP contribution is 2.43. The largest absolute Gasteiger partial charge is 0.477 e. The fourth-order valence-corrected chi connectivity index (χ4v) is 2.91. The average molecular weight is 411 g/mol. The van der Waals surface area contributed by atoms with Gasteiger partial charge < -0.3 is 10.5 Å². The van der Waals surface area contributed by atoms with E-state index in [9.17, 15) is 4.39 Å². The van der Waals surface area contributed by atoms with Crippen LogP contribution < -0.4 is 15.4 Å². The van der Waals surface area contributed by atoms with Gasteiger partial charge in [0, 0.05) is 21.9 Å². The van der Waals surface area contributed by atoms with Crippen LogP contribution in [0, 0.1) is 11.2 Å². The Hall–Kier alpha value is -1.83. The molecule has 114 valence electrons. The number of amidine groups is 1. The summed E-state index contributed by atoms with van der Waals surface area (Å²) in [5, 5.41) is 8.55. The number of halogens is 2. The molecule has 3 N–H and O–H groups in total. The average Bonchev–Trinajstić information content (AvgIpc) is 2.50. The van der Waals surface area contributed by atoms with E-state index in [1.165, 1.54) is 12.1 Å². The molecule has 2 aromatic carbocycles. The molecule has 1 atom stereocenters. The molecule has 0 amide bonds. The lowest BCUT2D eigenvalue weighted by atomic mass is 10.0. The standard InChI is InChI=1S/C16H15FIN3O/c1-16(9-18)15(20)21(12-5-2-10(17)3-6-12)13-7-4-11(19)8-14(13)22-16/h2-8,20H,9,19H2,1H3. The highest BCUT2D eigenvalue weighted by Gasteiger charge is 2.41. The fraction of sp³-hybridized carbons (Fsp3) is 0.188. The maximum absolute atomic E-state index is 13.2. The summed E-state index contributed by atoms with van der Waals surface area (Å²) in [7, 11) is 0. The quantitative estimate of drug-likeness (QED) is 0.444. The van der Waals surface area contributed by atoms with Crippen LogP contribution in [-0.4, -0.2) is 15.9 Å². The Morgan fingerprint density at radius 1 is 1.27 bits per heavy atom. The van der Waals surface area contributed by atoms with Crippen LogP contribution in [0.5, 0.6) is 5.75 Å². The third kappa shape index (κ3) is 2.41. The molecule has 0 radical (unpaired) electrons. The molecule has 3 rings (SSSR count). The van der Waals surface area contributed by atoms with Crippen LogP contribution >= 0.6 is 22.6 Å². The number of ether oxygens (including phenoxy) is 1. The molecule has 0 fully saturated rings. The summed E-state index contributed by atoms with van der Waals surface area (Å²) in [5.41, 5.74) is 7.13. The highest BCUT2D eigenvalue weighted by atomic mass is 127. The number of hydrogen-bond acceptors (Lipinski definition) is 3. The van der Waals surface area contributed by atoms with E-state index in [0.717, 1.165) is 11.4 Å². The number of nitrogens with one attached hydrogen (secondary N) is 1. The van der Waals surface area contributed by atoms with Crippen molar-refractivity contribution in [3.8, 4) is 5.75 Å². The number of alkyl halides is 1. The summed E-state index contributed by atoms with van der Waals surface area (Å²) in [6, 6.07) is 11.4. The van der Waals surface area contributed by atoms with Crippen LogP contribution in [0.25, 0.3) is 0 Å². The van der Waals surface area contributed by atoms with E-state index in [1.54, 1.807) is 29.2 Å². The van der Waals surface area contributed by atoms with Gasteiger partial charge in [0.2, 0.25) is 0 Å². The second kappa shape index (κ2) is 5.42. The smallest absolute Gasteiger partial charge is 0.172 e. The van der Waals surface area contributed by atoms with Crippen molar-refractivity contribution in [1.29, 1.82) is 5.41 Å². The molecule has 0 aromatic heterocycles. The normalized spacial score (nSPS) is 20.5. The number of hydrogen-bond donors (Lipinski definition) is 2. The van der Waals surface area contributed by atoms with Crippen molar-refractivity contribution in [1.82, 2.24) is 0 Å². The Kier molecular flexibility index (Phi) is 3.72. The molecule has 0 saturated heterocycles. The van der Waals surface area contributed by atoms with E-state index >= 15 is 0 Å². The Morgan fingerprint density at radius 2 is 1.95 bits per heavy atom. The summed E-state index contributed by atoms with van der Waals surface area (Å²) in [6.45, 7) is 1.87. The first kappa shape index (κ1) is 15.1. The van der Waals surface area contributed by atoms with Gasteiger partial charge in [0.05, 0.1) is 5.69 Å². The van der Waals surface area contributed by atoms with E-state index in [2.05, 4.69) is 22.6 Å². The lowest BCUT2D eigenvalue weighted by molar-refractivity contribution is 0.182. The molecule has 1 aliphatic heterocycles. The predicted octanol–water partition coefficient (Wildman–Crippen LogP) is 4.11. The Balaban J connectivity index is 2.18. The number of anilines is 3. The minimum atomic E-state index is -0.768. The summed E-state index contributed by atoms with van der Waals surface area (Å²) in [5.74, 6) is 0.628. The van der Waals surface area contributed by atoms with E-state index in [4.69, 9.17) is 15.9 Å². The third-order valence-corrected chi connectivity index (χ3v) is 5.08. The lowest BCUT2D eigenvalue weighted by Gasteiger charge is -2.42. The van der Waals surface area contributed by atoms with Crippen LogP contribution in [0.1, 0.15) is 6.92 Å². The molecule has 6 heteroatoms. The molecule has 2 aromatic rings. The van der Waals surface area contributed by atoms with Gasteiger partial charge in [0.1, 0.15) is 11.6 Å². The van der Waals surface area contributed by atoms with Crippen molar-refractivity contribution in [2.24, 2.45) is 0 Å². The molecule has 4 nitrogen and oxygen atoms in total. The van der Waals surface area contributed by atoms with Crippen LogP contribution in [0.4, 0.5) is 21.5 Å². The van der Waals surface area contributed by atoms with Crippen molar-refractivity contribution in [3.05, 3.63) is 48.3 Å². The molecule has 0 saturated carbocycles. The van der Waals surface area contributed by atoms with Gasteiger partial charge in [-0.1, -0.05) is 22.6 Å². The SMILES string of the molecule is CC1(CI)Oc2cc(N)ccc2N(c2ccc(F)cc2)C1=N. The van der Waals surface area contributed by atoms with Crippen LogP contribution in [0.3, 0.4) is 0 Å². The molecular weight excluding hydrogens is 396 g/mol. The first-order valence-electron chi connectivity index (χ1n) is 6.74. The zero-order chi connectivity index (χ0) is 15.9. The number of nitrogens with two attached hydrogens (primary N) is 1. The van der Waals surface area contributed by atoms with Crippen molar-refractivity contribution in [3.63, 3.8) is 0 Å². The molecule has 1 heterocycles. The highest BCUT2D eigenvalue weighted by molar-refractivity contribution is 14.1. The molecule has 1 aliphatic rings. The van der Waals surface area contributed by atoms with Crippen LogP contribution in [0.2, 0.25) is 0 Å². The zero-order valence-corrected chi connectivity index (χ0v) is 14.1. The van der Waals surface area contributed by atoms with Crippen LogP contribution in [0.15, 0.2) is 42.5 Å². The zero-order valence-electron chi connectivity index (χ0n) is 11.9. The summed E-state index contributed by atoms with van der Waals surface area (Å²) < 4.78 is 19.8. The van der Waals surface area contributed by atoms with Crippen molar-refractivity contribution in [2.75, 3.05) is 15.1 Å². The monoisotopic (exact) mass is 411 g/mol. The molecule has 22 heavy (non-hydrogen) atoms.